The number of aliphatic carboxylic acids is 1. The summed E-state index contributed by atoms with van der Waals surface area (Å²) in [6, 6.07) is 8.01. The first kappa shape index (κ1) is 11.1. The van der Waals surface area contributed by atoms with Crippen molar-refractivity contribution in [3.8, 4) is 0 Å². The monoisotopic (exact) mass is 220 g/mol. The molecule has 1 aliphatic rings. The molecule has 1 aliphatic heterocycles. The van der Waals surface area contributed by atoms with Crippen LogP contribution in [0, 0.1) is 12.8 Å². The van der Waals surface area contributed by atoms with Gasteiger partial charge in [0, 0.05) is 12.5 Å². The Balaban J connectivity index is 2.30. The summed E-state index contributed by atoms with van der Waals surface area (Å²) in [6.07, 6.45) is 0.793. The van der Waals surface area contributed by atoms with Gasteiger partial charge in [0.2, 0.25) is 0 Å². The number of aryl methyl sites for hydroxylation is 1. The molecule has 1 fully saturated rings. The Labute approximate surface area is 95.0 Å². The van der Waals surface area contributed by atoms with Crippen LogP contribution in [0.4, 0.5) is 0 Å². The van der Waals surface area contributed by atoms with Crippen LogP contribution in [0.1, 0.15) is 23.5 Å². The first-order valence-corrected chi connectivity index (χ1v) is 5.56. The molecule has 1 N–H and O–H groups in total. The Hall–Kier alpha value is -1.35. The number of ether oxygens (including phenoxy) is 1. The van der Waals surface area contributed by atoms with Crippen LogP contribution in [0.5, 0.6) is 0 Å². The Kier molecular flexibility index (Phi) is 3.25. The summed E-state index contributed by atoms with van der Waals surface area (Å²) < 4.78 is 5.25. The van der Waals surface area contributed by atoms with Gasteiger partial charge in [-0.05, 0) is 24.5 Å². The van der Waals surface area contributed by atoms with Crippen molar-refractivity contribution in [1.29, 1.82) is 0 Å². The zero-order valence-electron chi connectivity index (χ0n) is 9.35. The molecule has 0 aliphatic carbocycles. The molecule has 0 amide bonds. The van der Waals surface area contributed by atoms with Crippen molar-refractivity contribution in [1.82, 2.24) is 0 Å². The largest absolute Gasteiger partial charge is 0.481 e. The van der Waals surface area contributed by atoms with Gasteiger partial charge in [-0.2, -0.15) is 0 Å². The molecule has 0 bridgehead atoms. The maximum atomic E-state index is 11.2. The molecule has 1 saturated heterocycles. The predicted octanol–water partition coefficient (Wildman–Crippen LogP) is 2.20. The minimum atomic E-state index is -0.757. The summed E-state index contributed by atoms with van der Waals surface area (Å²) in [7, 11) is 0. The standard InChI is InChI=1S/C13H16O3/c1-9-4-2-3-5-10(9)11-6-7-16-8-12(11)13(14)15/h2-5,11-12H,6-8H2,1H3,(H,14,15). The summed E-state index contributed by atoms with van der Waals surface area (Å²) in [5.74, 6) is -1.07. The second-order valence-corrected chi connectivity index (χ2v) is 4.27. The Morgan fingerprint density at radius 2 is 2.19 bits per heavy atom. The lowest BCUT2D eigenvalue weighted by Gasteiger charge is -2.29. The van der Waals surface area contributed by atoms with Gasteiger partial charge >= 0.3 is 5.97 Å². The molecule has 1 aromatic rings. The lowest BCUT2D eigenvalue weighted by atomic mass is 9.81. The molecule has 0 aromatic heterocycles. The number of benzene rings is 1. The number of carboxylic acid groups (broad SMARTS) is 1. The van der Waals surface area contributed by atoms with E-state index in [-0.39, 0.29) is 5.92 Å². The van der Waals surface area contributed by atoms with Crippen LogP contribution in [0.3, 0.4) is 0 Å². The van der Waals surface area contributed by atoms with Gasteiger partial charge in [0.1, 0.15) is 0 Å². The van der Waals surface area contributed by atoms with E-state index in [4.69, 9.17) is 4.74 Å². The summed E-state index contributed by atoms with van der Waals surface area (Å²) in [5, 5.41) is 9.18. The maximum Gasteiger partial charge on any atom is 0.309 e. The van der Waals surface area contributed by atoms with Crippen LogP contribution in [-0.4, -0.2) is 24.3 Å². The second-order valence-electron chi connectivity index (χ2n) is 4.27. The van der Waals surface area contributed by atoms with Gasteiger partial charge in [0.25, 0.3) is 0 Å². The third-order valence-electron chi connectivity index (χ3n) is 3.26. The van der Waals surface area contributed by atoms with E-state index in [0.29, 0.717) is 13.2 Å². The van der Waals surface area contributed by atoms with Crippen molar-refractivity contribution >= 4 is 5.97 Å². The first-order valence-electron chi connectivity index (χ1n) is 5.56. The molecule has 3 nitrogen and oxygen atoms in total. The van der Waals surface area contributed by atoms with Crippen molar-refractivity contribution in [3.05, 3.63) is 35.4 Å². The van der Waals surface area contributed by atoms with E-state index in [1.165, 1.54) is 5.56 Å². The van der Waals surface area contributed by atoms with Gasteiger partial charge in [0.05, 0.1) is 12.5 Å². The van der Waals surface area contributed by atoms with E-state index in [1.807, 2.05) is 31.2 Å². The zero-order valence-corrected chi connectivity index (χ0v) is 9.35. The third-order valence-corrected chi connectivity index (χ3v) is 3.26. The number of rotatable bonds is 2. The molecular weight excluding hydrogens is 204 g/mol. The van der Waals surface area contributed by atoms with Crippen molar-refractivity contribution in [2.45, 2.75) is 19.3 Å². The Morgan fingerprint density at radius 1 is 1.44 bits per heavy atom. The molecule has 1 heterocycles. The smallest absolute Gasteiger partial charge is 0.309 e. The van der Waals surface area contributed by atoms with E-state index in [2.05, 4.69) is 0 Å². The van der Waals surface area contributed by atoms with Crippen LogP contribution < -0.4 is 0 Å². The van der Waals surface area contributed by atoms with Crippen LogP contribution in [0.2, 0.25) is 0 Å². The zero-order chi connectivity index (χ0) is 11.5. The Bertz CT molecular complexity index is 387. The summed E-state index contributed by atoms with van der Waals surface area (Å²) in [4.78, 5) is 11.2. The van der Waals surface area contributed by atoms with Gasteiger partial charge in [-0.3, -0.25) is 4.79 Å². The van der Waals surface area contributed by atoms with Crippen molar-refractivity contribution in [2.24, 2.45) is 5.92 Å². The number of carboxylic acids is 1. The van der Waals surface area contributed by atoms with E-state index in [9.17, 15) is 9.90 Å². The minimum Gasteiger partial charge on any atom is -0.481 e. The highest BCUT2D eigenvalue weighted by Crippen LogP contribution is 2.33. The molecule has 2 rings (SSSR count). The molecule has 3 heteroatoms. The summed E-state index contributed by atoms with van der Waals surface area (Å²) >= 11 is 0. The fourth-order valence-electron chi connectivity index (χ4n) is 2.36. The molecule has 0 saturated carbocycles. The van der Waals surface area contributed by atoms with Crippen LogP contribution in [0.15, 0.2) is 24.3 Å². The lowest BCUT2D eigenvalue weighted by molar-refractivity contribution is -0.147. The minimum absolute atomic E-state index is 0.0902. The normalized spacial score (nSPS) is 25.3. The average molecular weight is 220 g/mol. The average Bonchev–Trinajstić information content (AvgIpc) is 2.29. The predicted molar refractivity (Wildman–Crippen MR) is 60.5 cm³/mol. The molecule has 0 radical (unpaired) electrons. The van der Waals surface area contributed by atoms with E-state index in [0.717, 1.165) is 12.0 Å². The van der Waals surface area contributed by atoms with Crippen LogP contribution >= 0.6 is 0 Å². The fourth-order valence-corrected chi connectivity index (χ4v) is 2.36. The third kappa shape index (κ3) is 2.09. The van der Waals surface area contributed by atoms with Crippen molar-refractivity contribution in [2.75, 3.05) is 13.2 Å². The fraction of sp³-hybridized carbons (Fsp3) is 0.462. The maximum absolute atomic E-state index is 11.2. The van der Waals surface area contributed by atoms with Gasteiger partial charge in [0.15, 0.2) is 0 Å². The highest BCUT2D eigenvalue weighted by Gasteiger charge is 2.33. The molecule has 0 spiro atoms. The summed E-state index contributed by atoms with van der Waals surface area (Å²) in [5.41, 5.74) is 2.32. The van der Waals surface area contributed by atoms with Gasteiger partial charge < -0.3 is 9.84 Å². The number of carbonyl (C=O) groups is 1. The molecule has 16 heavy (non-hydrogen) atoms. The molecule has 2 atom stereocenters. The van der Waals surface area contributed by atoms with E-state index < -0.39 is 11.9 Å². The topological polar surface area (TPSA) is 46.5 Å². The first-order chi connectivity index (χ1) is 7.70. The van der Waals surface area contributed by atoms with Crippen LogP contribution in [-0.2, 0) is 9.53 Å². The van der Waals surface area contributed by atoms with E-state index in [1.54, 1.807) is 0 Å². The van der Waals surface area contributed by atoms with Gasteiger partial charge in [-0.25, -0.2) is 0 Å². The second kappa shape index (κ2) is 4.66. The van der Waals surface area contributed by atoms with Crippen molar-refractivity contribution < 1.29 is 14.6 Å². The highest BCUT2D eigenvalue weighted by molar-refractivity contribution is 5.71. The number of hydrogen-bond donors (Lipinski definition) is 1. The lowest BCUT2D eigenvalue weighted by Crippen LogP contribution is -2.32. The Morgan fingerprint density at radius 3 is 2.88 bits per heavy atom. The molecule has 2 unspecified atom stereocenters. The SMILES string of the molecule is Cc1ccccc1C1CCOCC1C(=O)O. The molecular formula is C13H16O3. The molecule has 86 valence electrons. The van der Waals surface area contributed by atoms with Gasteiger partial charge in [-0.15, -0.1) is 0 Å². The van der Waals surface area contributed by atoms with Crippen molar-refractivity contribution in [3.63, 3.8) is 0 Å². The highest BCUT2D eigenvalue weighted by atomic mass is 16.5. The number of hydrogen-bond acceptors (Lipinski definition) is 2. The quantitative estimate of drug-likeness (QED) is 0.831. The van der Waals surface area contributed by atoms with Gasteiger partial charge in [-0.1, -0.05) is 24.3 Å². The summed E-state index contributed by atoms with van der Waals surface area (Å²) in [6.45, 7) is 3.01. The van der Waals surface area contributed by atoms with E-state index >= 15 is 0 Å². The van der Waals surface area contributed by atoms with Crippen LogP contribution in [0.25, 0.3) is 0 Å². The molecule has 1 aromatic carbocycles.